The van der Waals surface area contributed by atoms with Crippen LogP contribution in [0.4, 0.5) is 5.82 Å². The van der Waals surface area contributed by atoms with Crippen molar-refractivity contribution in [2.45, 2.75) is 31.2 Å². The molecule has 1 aliphatic heterocycles. The minimum Gasteiger partial charge on any atom is -0.360 e. The molecule has 8 nitrogen and oxygen atoms in total. The molecular formula is C23H21N5O3. The number of carbonyl (C=O) groups excluding carboxylic acids is 2. The van der Waals surface area contributed by atoms with Crippen LogP contribution in [0.3, 0.4) is 0 Å². The van der Waals surface area contributed by atoms with Gasteiger partial charge in [-0.15, -0.1) is 12.3 Å². The molecule has 4 rings (SSSR count). The zero-order valence-corrected chi connectivity index (χ0v) is 17.0. The molecule has 2 atom stereocenters. The zero-order chi connectivity index (χ0) is 21.8. The molecule has 3 heterocycles. The molecular weight excluding hydrogens is 394 g/mol. The summed E-state index contributed by atoms with van der Waals surface area (Å²) in [6.45, 7) is 0. The molecule has 0 bridgehead atoms. The summed E-state index contributed by atoms with van der Waals surface area (Å²) in [5.74, 6) is 2.66. The number of nitrogens with one attached hydrogen (secondary N) is 1. The first-order chi connectivity index (χ1) is 15.1. The molecule has 0 saturated carbocycles. The van der Waals surface area contributed by atoms with Crippen LogP contribution >= 0.6 is 0 Å². The number of carbonyl (C=O) groups is 2. The number of nitrogens with zero attached hydrogens (tertiary/aromatic N) is 4. The van der Waals surface area contributed by atoms with Crippen LogP contribution in [0.25, 0.3) is 0 Å². The van der Waals surface area contributed by atoms with E-state index in [1.54, 1.807) is 19.3 Å². The number of benzene rings is 1. The van der Waals surface area contributed by atoms with E-state index in [2.05, 4.69) is 26.4 Å². The minimum atomic E-state index is -0.791. The molecule has 0 aliphatic carbocycles. The maximum absolute atomic E-state index is 13.0. The maximum Gasteiger partial charge on any atom is 0.274 e. The molecule has 0 unspecified atom stereocenters. The van der Waals surface area contributed by atoms with Gasteiger partial charge >= 0.3 is 0 Å². The van der Waals surface area contributed by atoms with Gasteiger partial charge in [0.25, 0.3) is 11.8 Å². The van der Waals surface area contributed by atoms with Crippen molar-refractivity contribution in [3.05, 3.63) is 71.5 Å². The molecule has 156 valence electrons. The fraction of sp³-hybridized carbons (Fsp3) is 0.261. The third kappa shape index (κ3) is 4.31. The van der Waals surface area contributed by atoms with Crippen molar-refractivity contribution < 1.29 is 14.1 Å². The van der Waals surface area contributed by atoms with Crippen molar-refractivity contribution in [3.8, 4) is 12.3 Å². The van der Waals surface area contributed by atoms with Crippen LogP contribution in [-0.4, -0.2) is 40.0 Å². The maximum atomic E-state index is 13.0. The van der Waals surface area contributed by atoms with E-state index in [1.807, 2.05) is 30.3 Å². The standard InChI is InChI=1S/C23H21N5O3/c1-3-7-16-13-19(23(30)28(2)21-20(16)24-10-11-25-21)26-22(29)18-14-17(31-27-18)12-15-8-5-4-6-9-15/h1,4-6,8-11,14,16,19H,7,12-13H2,2H3,(H,26,29)/t16-,19+/m0/s1. The molecule has 0 spiro atoms. The molecule has 2 amide bonds. The predicted octanol–water partition coefficient (Wildman–Crippen LogP) is 2.33. The number of hydrogen-bond acceptors (Lipinski definition) is 6. The first-order valence-electron chi connectivity index (χ1n) is 9.89. The van der Waals surface area contributed by atoms with Crippen LogP contribution in [0.5, 0.6) is 0 Å². The Morgan fingerprint density at radius 2 is 2.06 bits per heavy atom. The Morgan fingerprint density at radius 3 is 2.84 bits per heavy atom. The minimum absolute atomic E-state index is 0.118. The SMILES string of the molecule is C#CC[C@H]1C[C@@H](NC(=O)c2cc(Cc3ccccc3)on2)C(=O)N(C)c2nccnc21. The van der Waals surface area contributed by atoms with E-state index < -0.39 is 11.9 Å². The van der Waals surface area contributed by atoms with Crippen LogP contribution in [0.2, 0.25) is 0 Å². The summed E-state index contributed by atoms with van der Waals surface area (Å²) in [4.78, 5) is 35.9. The van der Waals surface area contributed by atoms with Gasteiger partial charge in [-0.2, -0.15) is 0 Å². The normalized spacial score (nSPS) is 18.1. The number of likely N-dealkylation sites (N-methyl/N-ethyl adjacent to an activating group) is 1. The Morgan fingerprint density at radius 1 is 1.29 bits per heavy atom. The number of amides is 2. The lowest BCUT2D eigenvalue weighted by atomic mass is 9.94. The fourth-order valence-corrected chi connectivity index (χ4v) is 3.70. The molecule has 0 radical (unpaired) electrons. The summed E-state index contributed by atoms with van der Waals surface area (Å²) in [6.07, 6.45) is 9.85. The first kappa shape index (κ1) is 20.3. The van der Waals surface area contributed by atoms with Crippen molar-refractivity contribution in [1.29, 1.82) is 0 Å². The molecule has 8 heteroatoms. The monoisotopic (exact) mass is 415 g/mol. The van der Waals surface area contributed by atoms with E-state index in [0.29, 0.717) is 36.5 Å². The lowest BCUT2D eigenvalue weighted by Gasteiger charge is -2.20. The third-order valence-corrected chi connectivity index (χ3v) is 5.24. The lowest BCUT2D eigenvalue weighted by Crippen LogP contribution is -2.47. The van der Waals surface area contributed by atoms with E-state index in [-0.39, 0.29) is 17.5 Å². The predicted molar refractivity (Wildman–Crippen MR) is 113 cm³/mol. The highest BCUT2D eigenvalue weighted by molar-refractivity contribution is 6.01. The van der Waals surface area contributed by atoms with Gasteiger partial charge in [-0.25, -0.2) is 4.98 Å². The van der Waals surface area contributed by atoms with Gasteiger partial charge in [0.2, 0.25) is 0 Å². The number of aromatic nitrogens is 3. The average molecular weight is 415 g/mol. The molecule has 1 aliphatic rings. The molecule has 0 saturated heterocycles. The Hall–Kier alpha value is -3.99. The summed E-state index contributed by atoms with van der Waals surface area (Å²) in [7, 11) is 1.61. The van der Waals surface area contributed by atoms with Crippen molar-refractivity contribution in [2.24, 2.45) is 0 Å². The van der Waals surface area contributed by atoms with Crippen molar-refractivity contribution in [2.75, 3.05) is 11.9 Å². The summed E-state index contributed by atoms with van der Waals surface area (Å²) in [6, 6.07) is 10.5. The molecule has 2 aromatic heterocycles. The smallest absolute Gasteiger partial charge is 0.274 e. The number of anilines is 1. The summed E-state index contributed by atoms with van der Waals surface area (Å²) in [5.41, 5.74) is 1.81. The van der Waals surface area contributed by atoms with E-state index in [9.17, 15) is 9.59 Å². The Labute approximate surface area is 179 Å². The second-order valence-corrected chi connectivity index (χ2v) is 7.37. The molecule has 1 aromatic carbocycles. The topological polar surface area (TPSA) is 101 Å². The molecule has 1 N–H and O–H groups in total. The van der Waals surface area contributed by atoms with Gasteiger partial charge in [-0.1, -0.05) is 35.5 Å². The number of fused-ring (bicyclic) bond motifs is 1. The molecule has 0 fully saturated rings. The van der Waals surface area contributed by atoms with Crippen molar-refractivity contribution in [3.63, 3.8) is 0 Å². The van der Waals surface area contributed by atoms with E-state index in [1.165, 1.54) is 11.1 Å². The quantitative estimate of drug-likeness (QED) is 0.642. The second kappa shape index (κ2) is 8.79. The summed E-state index contributed by atoms with van der Waals surface area (Å²) in [5, 5.41) is 6.65. The molecule has 3 aromatic rings. The Kier molecular flexibility index (Phi) is 5.76. The van der Waals surface area contributed by atoms with Gasteiger partial charge in [-0.3, -0.25) is 19.5 Å². The van der Waals surface area contributed by atoms with E-state index in [4.69, 9.17) is 10.9 Å². The number of terminal acetylenes is 1. The van der Waals surface area contributed by atoms with Gasteiger partial charge in [0.15, 0.2) is 11.5 Å². The average Bonchev–Trinajstić information content (AvgIpc) is 3.23. The van der Waals surface area contributed by atoms with Crippen LogP contribution in [0, 0.1) is 12.3 Å². The van der Waals surface area contributed by atoms with Crippen LogP contribution in [0.1, 0.15) is 46.3 Å². The van der Waals surface area contributed by atoms with Gasteiger partial charge < -0.3 is 9.84 Å². The van der Waals surface area contributed by atoms with E-state index in [0.717, 1.165) is 5.56 Å². The van der Waals surface area contributed by atoms with Gasteiger partial charge in [-0.05, 0) is 12.0 Å². The van der Waals surface area contributed by atoms with Crippen molar-refractivity contribution in [1.82, 2.24) is 20.4 Å². The fourth-order valence-electron chi connectivity index (χ4n) is 3.70. The van der Waals surface area contributed by atoms with E-state index >= 15 is 0 Å². The van der Waals surface area contributed by atoms with Crippen LogP contribution < -0.4 is 10.2 Å². The van der Waals surface area contributed by atoms with Gasteiger partial charge in [0.1, 0.15) is 11.8 Å². The number of rotatable bonds is 5. The van der Waals surface area contributed by atoms with Crippen LogP contribution in [0.15, 0.2) is 53.3 Å². The second-order valence-electron chi connectivity index (χ2n) is 7.37. The Balaban J connectivity index is 1.51. The summed E-state index contributed by atoms with van der Waals surface area (Å²) >= 11 is 0. The van der Waals surface area contributed by atoms with Gasteiger partial charge in [0.05, 0.1) is 5.69 Å². The highest BCUT2D eigenvalue weighted by Crippen LogP contribution is 2.33. The van der Waals surface area contributed by atoms with Crippen molar-refractivity contribution >= 4 is 17.6 Å². The largest absolute Gasteiger partial charge is 0.360 e. The summed E-state index contributed by atoms with van der Waals surface area (Å²) < 4.78 is 5.31. The Bertz CT molecular complexity index is 1140. The van der Waals surface area contributed by atoms with Gasteiger partial charge in [0, 0.05) is 44.3 Å². The third-order valence-electron chi connectivity index (χ3n) is 5.24. The van der Waals surface area contributed by atoms with Crippen LogP contribution in [-0.2, 0) is 11.2 Å². The highest BCUT2D eigenvalue weighted by Gasteiger charge is 2.36. The zero-order valence-electron chi connectivity index (χ0n) is 17.0. The molecule has 31 heavy (non-hydrogen) atoms. The highest BCUT2D eigenvalue weighted by atomic mass is 16.5. The number of hydrogen-bond donors (Lipinski definition) is 1. The first-order valence-corrected chi connectivity index (χ1v) is 9.89. The lowest BCUT2D eigenvalue weighted by molar-refractivity contribution is -0.120.